The molecule has 0 N–H and O–H groups in total. The second kappa shape index (κ2) is 8.39. The third kappa shape index (κ3) is 3.51. The first-order valence-corrected chi connectivity index (χ1v) is 12.2. The third-order valence-corrected chi connectivity index (χ3v) is 7.69. The normalized spacial score (nSPS) is 12.1. The molecule has 0 atom stereocenters. The van der Waals surface area contributed by atoms with Crippen LogP contribution in [-0.4, -0.2) is 9.97 Å². The summed E-state index contributed by atoms with van der Waals surface area (Å²) in [5, 5.41) is 2.11. The van der Waals surface area contributed by atoms with E-state index in [1.807, 2.05) is 6.20 Å². The van der Waals surface area contributed by atoms with Gasteiger partial charge in [0.15, 0.2) is 0 Å². The van der Waals surface area contributed by atoms with Gasteiger partial charge in [0.25, 0.3) is 0 Å². The third-order valence-electron chi connectivity index (χ3n) is 7.69. The number of para-hydroxylation sites is 1. The van der Waals surface area contributed by atoms with E-state index < -0.39 is 0 Å². The van der Waals surface area contributed by atoms with Gasteiger partial charge in [0.2, 0.25) is 5.71 Å². The molecule has 0 spiro atoms. The van der Waals surface area contributed by atoms with E-state index >= 15 is 0 Å². The van der Waals surface area contributed by atoms with Gasteiger partial charge >= 0.3 is 0 Å². The Morgan fingerprint density at radius 2 is 1.50 bits per heavy atom. The number of aryl methyl sites for hydroxylation is 3. The zero-order valence-electron chi connectivity index (χ0n) is 21.0. The minimum absolute atomic E-state index is 0.130. The van der Waals surface area contributed by atoms with E-state index in [2.05, 4.69) is 96.1 Å². The van der Waals surface area contributed by atoms with Crippen LogP contribution in [0.5, 0.6) is 0 Å². The van der Waals surface area contributed by atoms with Crippen molar-refractivity contribution in [1.29, 1.82) is 0 Å². The molecule has 0 aliphatic carbocycles. The maximum Gasteiger partial charge on any atom is 0.227 e. The average Bonchev–Trinajstić information content (AvgIpc) is 3.22. The predicted molar refractivity (Wildman–Crippen MR) is 142 cm³/mol. The number of fused-ring (bicyclic) bond motifs is 3. The Morgan fingerprint density at radius 1 is 0.794 bits per heavy atom. The lowest BCUT2D eigenvalue weighted by atomic mass is 9.76. The fourth-order valence-corrected chi connectivity index (χ4v) is 5.19. The zero-order valence-corrected chi connectivity index (χ0v) is 21.0. The summed E-state index contributed by atoms with van der Waals surface area (Å²) in [6, 6.07) is 19.2. The molecule has 3 heteroatoms. The lowest BCUT2D eigenvalue weighted by Crippen LogP contribution is -2.21. The number of nitrogens with zero attached hydrogens (tertiary/aromatic N) is 2. The quantitative estimate of drug-likeness (QED) is 0.270. The highest BCUT2D eigenvalue weighted by Crippen LogP contribution is 2.39. The maximum absolute atomic E-state index is 6.44. The number of benzene rings is 2. The summed E-state index contributed by atoms with van der Waals surface area (Å²) in [5.74, 6) is 0. The smallest absolute Gasteiger partial charge is 0.227 e. The summed E-state index contributed by atoms with van der Waals surface area (Å²) in [6.07, 6.45) is 4.19. The molecule has 2 aromatic carbocycles. The zero-order chi connectivity index (χ0) is 24.0. The molecule has 5 rings (SSSR count). The van der Waals surface area contributed by atoms with E-state index in [1.54, 1.807) is 0 Å². The van der Waals surface area contributed by atoms with Crippen molar-refractivity contribution >= 4 is 22.1 Å². The van der Waals surface area contributed by atoms with E-state index in [9.17, 15) is 0 Å². The van der Waals surface area contributed by atoms with Gasteiger partial charge in [-0.15, -0.1) is 0 Å². The lowest BCUT2D eigenvalue weighted by molar-refractivity contribution is 0.436. The van der Waals surface area contributed by atoms with Crippen LogP contribution in [0, 0.1) is 20.8 Å². The number of aromatic nitrogens is 2. The molecule has 0 radical (unpaired) electrons. The highest BCUT2D eigenvalue weighted by Gasteiger charge is 2.25. The number of pyridine rings is 2. The SMILES string of the molecule is CCC(C)(CC)c1cc(-c2cccc3c2oc2nc(-c4c(C)cccc4C)ccc23)ncc1C. The topological polar surface area (TPSA) is 38.9 Å². The van der Waals surface area contributed by atoms with E-state index in [0.717, 1.165) is 46.1 Å². The molecule has 0 aliphatic rings. The van der Waals surface area contributed by atoms with Gasteiger partial charge in [-0.05, 0) is 85.5 Å². The van der Waals surface area contributed by atoms with Crippen LogP contribution in [0.2, 0.25) is 0 Å². The van der Waals surface area contributed by atoms with Gasteiger partial charge in [-0.1, -0.05) is 51.1 Å². The van der Waals surface area contributed by atoms with Crippen LogP contribution in [0.4, 0.5) is 0 Å². The van der Waals surface area contributed by atoms with Crippen molar-refractivity contribution in [1.82, 2.24) is 9.97 Å². The highest BCUT2D eigenvalue weighted by atomic mass is 16.3. The Hall–Kier alpha value is -3.46. The molecule has 0 aliphatic heterocycles. The molecule has 0 saturated carbocycles. The standard InChI is InChI=1S/C31H32N2O/c1-7-31(6,8-2)25-17-27(32-18-21(25)5)24-14-10-13-22-23-15-16-26(33-30(23)34-29(22)24)28-19(3)11-9-12-20(28)4/h9-18H,7-8H2,1-6H3. The molecule has 0 amide bonds. The van der Waals surface area contributed by atoms with Crippen LogP contribution in [-0.2, 0) is 5.41 Å². The van der Waals surface area contributed by atoms with Crippen molar-refractivity contribution in [3.05, 3.63) is 83.0 Å². The number of rotatable bonds is 5. The first kappa shape index (κ1) is 22.3. The van der Waals surface area contributed by atoms with Crippen LogP contribution in [0.15, 0.2) is 65.2 Å². The molecule has 0 fully saturated rings. The molecule has 172 valence electrons. The van der Waals surface area contributed by atoms with Crippen molar-refractivity contribution in [3.63, 3.8) is 0 Å². The van der Waals surface area contributed by atoms with Crippen LogP contribution in [0.3, 0.4) is 0 Å². The highest BCUT2D eigenvalue weighted by molar-refractivity contribution is 6.08. The number of furan rings is 1. The first-order chi connectivity index (χ1) is 16.4. The Morgan fingerprint density at radius 3 is 2.21 bits per heavy atom. The number of hydrogen-bond acceptors (Lipinski definition) is 3. The second-order valence-corrected chi connectivity index (χ2v) is 9.75. The summed E-state index contributed by atoms with van der Waals surface area (Å²) in [7, 11) is 0. The molecular weight excluding hydrogens is 416 g/mol. The van der Waals surface area contributed by atoms with E-state index in [1.165, 1.54) is 27.8 Å². The van der Waals surface area contributed by atoms with Crippen molar-refractivity contribution in [2.45, 2.75) is 59.8 Å². The lowest BCUT2D eigenvalue weighted by Gasteiger charge is -2.29. The van der Waals surface area contributed by atoms with Gasteiger partial charge in [-0.2, -0.15) is 0 Å². The Kier molecular flexibility index (Phi) is 5.51. The summed E-state index contributed by atoms with van der Waals surface area (Å²) in [6.45, 7) is 13.3. The average molecular weight is 449 g/mol. The van der Waals surface area contributed by atoms with Crippen LogP contribution in [0.1, 0.15) is 55.9 Å². The van der Waals surface area contributed by atoms with E-state index in [-0.39, 0.29) is 5.41 Å². The summed E-state index contributed by atoms with van der Waals surface area (Å²) in [4.78, 5) is 9.77. The molecule has 34 heavy (non-hydrogen) atoms. The summed E-state index contributed by atoms with van der Waals surface area (Å²) < 4.78 is 6.44. The predicted octanol–water partition coefficient (Wildman–Crippen LogP) is 8.71. The number of hydrogen-bond donors (Lipinski definition) is 0. The molecular formula is C31H32N2O. The van der Waals surface area contributed by atoms with Gasteiger partial charge in [-0.25, -0.2) is 4.98 Å². The van der Waals surface area contributed by atoms with Gasteiger partial charge in [-0.3, -0.25) is 4.98 Å². The molecule has 0 unspecified atom stereocenters. The summed E-state index contributed by atoms with van der Waals surface area (Å²) >= 11 is 0. The monoisotopic (exact) mass is 448 g/mol. The van der Waals surface area contributed by atoms with E-state index in [0.29, 0.717) is 5.71 Å². The van der Waals surface area contributed by atoms with Crippen molar-refractivity contribution < 1.29 is 4.42 Å². The van der Waals surface area contributed by atoms with Crippen molar-refractivity contribution in [3.8, 4) is 22.5 Å². The molecule has 3 nitrogen and oxygen atoms in total. The maximum atomic E-state index is 6.44. The molecule has 3 heterocycles. The summed E-state index contributed by atoms with van der Waals surface area (Å²) in [5.41, 5.74) is 10.8. The van der Waals surface area contributed by atoms with Gasteiger partial charge < -0.3 is 4.42 Å². The van der Waals surface area contributed by atoms with E-state index in [4.69, 9.17) is 14.4 Å². The fraction of sp³-hybridized carbons (Fsp3) is 0.290. The van der Waals surface area contributed by atoms with Crippen LogP contribution < -0.4 is 0 Å². The Balaban J connectivity index is 1.70. The van der Waals surface area contributed by atoms with Crippen molar-refractivity contribution in [2.75, 3.05) is 0 Å². The minimum Gasteiger partial charge on any atom is -0.437 e. The Bertz CT molecular complexity index is 1500. The molecule has 3 aromatic heterocycles. The van der Waals surface area contributed by atoms with Crippen molar-refractivity contribution in [2.24, 2.45) is 0 Å². The molecule has 5 aromatic rings. The second-order valence-electron chi connectivity index (χ2n) is 9.75. The molecule has 0 bridgehead atoms. The largest absolute Gasteiger partial charge is 0.437 e. The minimum atomic E-state index is 0.130. The van der Waals surface area contributed by atoms with Gasteiger partial charge in [0.1, 0.15) is 5.58 Å². The van der Waals surface area contributed by atoms with Crippen LogP contribution >= 0.6 is 0 Å². The Labute approximate surface area is 201 Å². The molecule has 0 saturated heterocycles. The fourth-order valence-electron chi connectivity index (χ4n) is 5.19. The first-order valence-electron chi connectivity index (χ1n) is 12.2. The van der Waals surface area contributed by atoms with Crippen LogP contribution in [0.25, 0.3) is 44.6 Å². The van der Waals surface area contributed by atoms with Gasteiger partial charge in [0.05, 0.1) is 11.4 Å². The van der Waals surface area contributed by atoms with Gasteiger partial charge in [0, 0.05) is 28.1 Å².